The van der Waals surface area contributed by atoms with Crippen molar-refractivity contribution in [2.45, 2.75) is 123 Å². The van der Waals surface area contributed by atoms with Gasteiger partial charge in [0.15, 0.2) is 6.10 Å². The maximum Gasteiger partial charge on any atom is 0.308 e. The second kappa shape index (κ2) is 16.4. The summed E-state index contributed by atoms with van der Waals surface area (Å²) in [7, 11) is 0. The Kier molecular flexibility index (Phi) is 13.7. The van der Waals surface area contributed by atoms with Crippen LogP contribution in [0.4, 0.5) is 0 Å². The third kappa shape index (κ3) is 11.0. The second-order valence-electron chi connectivity index (χ2n) is 11.5. The summed E-state index contributed by atoms with van der Waals surface area (Å²) in [5.74, 6) is -0.505. The van der Waals surface area contributed by atoms with Crippen LogP contribution in [0.5, 0.6) is 5.75 Å². The first-order valence-corrected chi connectivity index (χ1v) is 14.6. The SMILES string of the molecule is CCCCCCCCCCCCOC(=O)CC1C(=O)NCCN1C(=O)C(C)Oc1ccc(C(C)(C)C)cc1. The van der Waals surface area contributed by atoms with Crippen molar-refractivity contribution in [1.82, 2.24) is 10.2 Å². The number of nitrogens with zero attached hydrogens (tertiary/aromatic N) is 1. The molecule has 2 amide bonds. The molecule has 2 rings (SSSR count). The van der Waals surface area contributed by atoms with Crippen LogP contribution in [0.1, 0.15) is 111 Å². The van der Waals surface area contributed by atoms with Crippen LogP contribution in [0.2, 0.25) is 0 Å². The van der Waals surface area contributed by atoms with Gasteiger partial charge in [-0.25, -0.2) is 0 Å². The van der Waals surface area contributed by atoms with Crippen LogP contribution < -0.4 is 10.1 Å². The molecule has 214 valence electrons. The van der Waals surface area contributed by atoms with Crippen molar-refractivity contribution < 1.29 is 23.9 Å². The van der Waals surface area contributed by atoms with Gasteiger partial charge in [0.2, 0.25) is 5.91 Å². The van der Waals surface area contributed by atoms with Gasteiger partial charge in [-0.2, -0.15) is 0 Å². The number of benzene rings is 1. The number of piperazine rings is 1. The number of amides is 2. The van der Waals surface area contributed by atoms with Gasteiger partial charge in [0.05, 0.1) is 13.0 Å². The van der Waals surface area contributed by atoms with Gasteiger partial charge in [0.1, 0.15) is 11.8 Å². The first-order chi connectivity index (χ1) is 18.1. The van der Waals surface area contributed by atoms with Gasteiger partial charge in [-0.1, -0.05) is 97.6 Å². The topological polar surface area (TPSA) is 84.9 Å². The average Bonchev–Trinajstić information content (AvgIpc) is 2.87. The molecule has 1 aliphatic heterocycles. The molecule has 0 spiro atoms. The Morgan fingerprint density at radius 1 is 0.974 bits per heavy atom. The minimum atomic E-state index is -0.884. The fourth-order valence-corrected chi connectivity index (χ4v) is 4.70. The van der Waals surface area contributed by atoms with Gasteiger partial charge in [-0.3, -0.25) is 14.4 Å². The second-order valence-corrected chi connectivity index (χ2v) is 11.5. The van der Waals surface area contributed by atoms with Crippen molar-refractivity contribution in [3.05, 3.63) is 29.8 Å². The first kappa shape index (κ1) is 31.6. The summed E-state index contributed by atoms with van der Waals surface area (Å²) in [6.07, 6.45) is 11.1. The molecule has 1 saturated heterocycles. The Hall–Kier alpha value is -2.57. The molecule has 0 saturated carbocycles. The predicted molar refractivity (Wildman–Crippen MR) is 151 cm³/mol. The van der Waals surface area contributed by atoms with Gasteiger partial charge in [-0.05, 0) is 36.5 Å². The van der Waals surface area contributed by atoms with Gasteiger partial charge < -0.3 is 19.7 Å². The van der Waals surface area contributed by atoms with Crippen LogP contribution in [0.25, 0.3) is 0 Å². The van der Waals surface area contributed by atoms with E-state index in [-0.39, 0.29) is 23.7 Å². The van der Waals surface area contributed by atoms with Crippen LogP contribution in [-0.2, 0) is 24.5 Å². The Morgan fingerprint density at radius 3 is 2.13 bits per heavy atom. The summed E-state index contributed by atoms with van der Waals surface area (Å²) in [6.45, 7) is 11.3. The highest BCUT2D eigenvalue weighted by atomic mass is 16.5. The first-order valence-electron chi connectivity index (χ1n) is 14.6. The largest absolute Gasteiger partial charge is 0.481 e. The van der Waals surface area contributed by atoms with Crippen molar-refractivity contribution in [2.24, 2.45) is 0 Å². The van der Waals surface area contributed by atoms with Crippen LogP contribution in [-0.4, -0.2) is 54.5 Å². The van der Waals surface area contributed by atoms with Gasteiger partial charge in [-0.15, -0.1) is 0 Å². The number of unbranched alkanes of at least 4 members (excludes halogenated alkanes) is 9. The zero-order valence-corrected chi connectivity index (χ0v) is 24.4. The quantitative estimate of drug-likeness (QED) is 0.211. The minimum Gasteiger partial charge on any atom is -0.481 e. The van der Waals surface area contributed by atoms with Crippen molar-refractivity contribution in [2.75, 3.05) is 19.7 Å². The van der Waals surface area contributed by atoms with Crippen molar-refractivity contribution in [1.29, 1.82) is 0 Å². The van der Waals surface area contributed by atoms with E-state index in [9.17, 15) is 14.4 Å². The average molecular weight is 531 g/mol. The fourth-order valence-electron chi connectivity index (χ4n) is 4.70. The zero-order valence-electron chi connectivity index (χ0n) is 24.4. The van der Waals surface area contributed by atoms with E-state index >= 15 is 0 Å². The predicted octanol–water partition coefficient (Wildman–Crippen LogP) is 5.93. The number of hydrogen-bond donors (Lipinski definition) is 1. The summed E-state index contributed by atoms with van der Waals surface area (Å²) in [5.41, 5.74) is 1.20. The summed E-state index contributed by atoms with van der Waals surface area (Å²) >= 11 is 0. The number of rotatable bonds is 16. The number of ether oxygens (including phenoxy) is 2. The van der Waals surface area contributed by atoms with Crippen LogP contribution in [0, 0.1) is 0 Å². The fraction of sp³-hybridized carbons (Fsp3) is 0.710. The number of hydrogen-bond acceptors (Lipinski definition) is 5. The Labute approximate surface area is 230 Å². The molecule has 38 heavy (non-hydrogen) atoms. The third-order valence-electron chi connectivity index (χ3n) is 7.12. The summed E-state index contributed by atoms with van der Waals surface area (Å²) in [5, 5.41) is 2.76. The lowest BCUT2D eigenvalue weighted by atomic mass is 9.87. The smallest absolute Gasteiger partial charge is 0.308 e. The lowest BCUT2D eigenvalue weighted by molar-refractivity contribution is -0.154. The molecule has 1 fully saturated rings. The normalized spacial score (nSPS) is 16.6. The molecular weight excluding hydrogens is 480 g/mol. The van der Waals surface area contributed by atoms with Crippen molar-refractivity contribution in [3.63, 3.8) is 0 Å². The maximum atomic E-state index is 13.2. The van der Waals surface area contributed by atoms with Crippen molar-refractivity contribution in [3.8, 4) is 5.75 Å². The van der Waals surface area contributed by atoms with Crippen LogP contribution in [0.15, 0.2) is 24.3 Å². The van der Waals surface area contributed by atoms with Gasteiger partial charge in [0, 0.05) is 13.1 Å². The molecule has 7 heteroatoms. The molecule has 1 N–H and O–H groups in total. The lowest BCUT2D eigenvalue weighted by Crippen LogP contribution is -2.60. The van der Waals surface area contributed by atoms with Crippen LogP contribution in [0.3, 0.4) is 0 Å². The Balaban J connectivity index is 1.75. The molecule has 2 atom stereocenters. The zero-order chi connectivity index (χ0) is 28.0. The van der Waals surface area contributed by atoms with E-state index < -0.39 is 18.1 Å². The number of nitrogens with one attached hydrogen (secondary N) is 1. The van der Waals surface area contributed by atoms with Gasteiger partial charge in [0.25, 0.3) is 5.91 Å². The maximum absolute atomic E-state index is 13.2. The van der Waals surface area contributed by atoms with E-state index in [1.165, 1.54) is 55.4 Å². The highest BCUT2D eigenvalue weighted by Crippen LogP contribution is 2.25. The van der Waals surface area contributed by atoms with Crippen LogP contribution >= 0.6 is 0 Å². The summed E-state index contributed by atoms with van der Waals surface area (Å²) in [4.78, 5) is 39.7. The van der Waals surface area contributed by atoms with E-state index in [4.69, 9.17) is 9.47 Å². The molecule has 0 aromatic heterocycles. The highest BCUT2D eigenvalue weighted by Gasteiger charge is 2.37. The molecule has 1 heterocycles. The molecule has 7 nitrogen and oxygen atoms in total. The summed E-state index contributed by atoms with van der Waals surface area (Å²) in [6, 6.07) is 6.82. The van der Waals surface area contributed by atoms with E-state index in [0.29, 0.717) is 25.4 Å². The lowest BCUT2D eigenvalue weighted by Gasteiger charge is -2.36. The number of carbonyl (C=O) groups is 3. The van der Waals surface area contributed by atoms with Gasteiger partial charge >= 0.3 is 5.97 Å². The van der Waals surface area contributed by atoms with Crippen molar-refractivity contribution >= 4 is 17.8 Å². The van der Waals surface area contributed by atoms with E-state index in [0.717, 1.165) is 19.3 Å². The number of carbonyl (C=O) groups excluding carboxylic acids is 3. The molecule has 1 aromatic carbocycles. The molecule has 0 aliphatic carbocycles. The Bertz CT molecular complexity index is 862. The standard InChI is InChI=1S/C31H50N2O5/c1-6-7-8-9-10-11-12-13-14-15-22-37-28(34)23-27-29(35)32-20-21-33(27)30(36)24(2)38-26-18-16-25(17-19-26)31(3,4)5/h16-19,24,27H,6-15,20-23H2,1-5H3,(H,32,35). The molecule has 2 unspecified atom stereocenters. The van der Waals surface area contributed by atoms with E-state index in [1.54, 1.807) is 6.92 Å². The molecule has 0 bridgehead atoms. The summed E-state index contributed by atoms with van der Waals surface area (Å²) < 4.78 is 11.3. The third-order valence-corrected chi connectivity index (χ3v) is 7.12. The highest BCUT2D eigenvalue weighted by molar-refractivity contribution is 5.93. The number of esters is 1. The molecule has 1 aliphatic rings. The minimum absolute atomic E-state index is 0.0243. The Morgan fingerprint density at radius 2 is 1.55 bits per heavy atom. The molecule has 1 aromatic rings. The van der Waals surface area contributed by atoms with E-state index in [1.807, 2.05) is 24.3 Å². The van der Waals surface area contributed by atoms with E-state index in [2.05, 4.69) is 33.0 Å². The molecular formula is C31H50N2O5. The molecule has 0 radical (unpaired) electrons. The monoisotopic (exact) mass is 530 g/mol.